The molecule has 2 aromatic heterocycles. The van der Waals surface area contributed by atoms with Gasteiger partial charge in [-0.2, -0.15) is 5.10 Å². The van der Waals surface area contributed by atoms with E-state index in [0.717, 1.165) is 12.8 Å². The number of carbonyl (C=O) groups is 3. The van der Waals surface area contributed by atoms with Gasteiger partial charge < -0.3 is 25.6 Å². The molecule has 3 N–H and O–H groups in total. The maximum atomic E-state index is 13.3. The summed E-state index contributed by atoms with van der Waals surface area (Å²) in [6.45, 7) is 4.56. The molecule has 1 saturated heterocycles. The van der Waals surface area contributed by atoms with Crippen LogP contribution in [0, 0.1) is 0 Å². The first-order valence-electron chi connectivity index (χ1n) is 11.1. The predicted octanol–water partition coefficient (Wildman–Crippen LogP) is 2.72. The van der Waals surface area contributed by atoms with Crippen LogP contribution in [0.5, 0.6) is 5.75 Å². The first-order valence-corrected chi connectivity index (χ1v) is 11.5. The molecular weight excluding hydrogens is 488 g/mol. The fourth-order valence-corrected chi connectivity index (χ4v) is 4.14. The van der Waals surface area contributed by atoms with E-state index in [0.29, 0.717) is 24.1 Å². The topological polar surface area (TPSA) is 149 Å². The lowest BCUT2D eigenvalue weighted by atomic mass is 10.1. The Bertz CT molecular complexity index is 1360. The number of likely N-dealkylation sites (tertiary alicyclic amines) is 1. The van der Waals surface area contributed by atoms with Gasteiger partial charge >= 0.3 is 6.09 Å². The predicted molar refractivity (Wildman–Crippen MR) is 134 cm³/mol. The second kappa shape index (κ2) is 10.2. The highest BCUT2D eigenvalue weighted by atomic mass is 35.5. The third-order valence-electron chi connectivity index (χ3n) is 5.72. The van der Waals surface area contributed by atoms with Gasteiger partial charge in [0.2, 0.25) is 5.91 Å². The van der Waals surface area contributed by atoms with Crippen molar-refractivity contribution in [2.24, 2.45) is 0 Å². The van der Waals surface area contributed by atoms with Crippen molar-refractivity contribution in [3.63, 3.8) is 0 Å². The number of nitrogens with two attached hydrogens (primary N) is 1. The summed E-state index contributed by atoms with van der Waals surface area (Å²) < 4.78 is 6.81. The second-order valence-electron chi connectivity index (χ2n) is 8.39. The molecule has 13 heteroatoms. The molecule has 3 amide bonds. The Morgan fingerprint density at radius 3 is 2.78 bits per heavy atom. The van der Waals surface area contributed by atoms with Crippen LogP contribution in [-0.2, 0) is 4.79 Å². The molecule has 1 fully saturated rings. The van der Waals surface area contributed by atoms with E-state index in [-0.39, 0.29) is 39.9 Å². The minimum atomic E-state index is -0.574. The van der Waals surface area contributed by atoms with Gasteiger partial charge in [-0.25, -0.2) is 19.4 Å². The Morgan fingerprint density at radius 1 is 1.31 bits per heavy atom. The SMILES string of the molecule is C=CC(=O)N1CCC[C@@H](n2nc(C(=O)Nc3ccc(OC(=O)N(C)C)cc3Cl)c3c(N)ncnc32)C1. The van der Waals surface area contributed by atoms with Gasteiger partial charge in [0.15, 0.2) is 11.3 Å². The number of hydrogen-bond acceptors (Lipinski definition) is 8. The molecule has 4 rings (SSSR count). The summed E-state index contributed by atoms with van der Waals surface area (Å²) in [5, 5.41) is 7.71. The smallest absolute Gasteiger partial charge is 0.410 e. The summed E-state index contributed by atoms with van der Waals surface area (Å²) in [5.74, 6) is -0.420. The summed E-state index contributed by atoms with van der Waals surface area (Å²) in [5.41, 5.74) is 6.80. The van der Waals surface area contributed by atoms with Gasteiger partial charge in [-0.3, -0.25) is 9.59 Å². The Kier molecular flexibility index (Phi) is 7.06. The Morgan fingerprint density at radius 2 is 2.08 bits per heavy atom. The van der Waals surface area contributed by atoms with Crippen LogP contribution >= 0.6 is 11.6 Å². The number of fused-ring (bicyclic) bond motifs is 1. The molecule has 0 unspecified atom stereocenters. The van der Waals surface area contributed by atoms with Gasteiger partial charge in [-0.1, -0.05) is 18.2 Å². The minimum Gasteiger partial charge on any atom is -0.410 e. The zero-order valence-corrected chi connectivity index (χ0v) is 20.5. The number of nitrogens with one attached hydrogen (secondary N) is 1. The maximum absolute atomic E-state index is 13.3. The molecule has 3 heterocycles. The van der Waals surface area contributed by atoms with Crippen molar-refractivity contribution >= 4 is 52.0 Å². The first kappa shape index (κ1) is 24.9. The van der Waals surface area contributed by atoms with E-state index < -0.39 is 12.0 Å². The Balaban J connectivity index is 1.63. The molecule has 3 aromatic rings. The molecular formula is C23H25ClN8O4. The monoisotopic (exact) mass is 512 g/mol. The molecule has 0 bridgehead atoms. The van der Waals surface area contributed by atoms with Crippen molar-refractivity contribution in [2.45, 2.75) is 18.9 Å². The number of piperidine rings is 1. The van der Waals surface area contributed by atoms with Crippen LogP contribution in [-0.4, -0.2) is 74.6 Å². The van der Waals surface area contributed by atoms with Crippen molar-refractivity contribution in [3.05, 3.63) is 47.9 Å². The standard InChI is InChI=1S/C23H25ClN8O4/c1-4-17(33)31-9-5-6-13(11-31)32-21-18(20(25)26-12-27-21)19(29-32)22(34)28-16-8-7-14(10-15(16)24)36-23(35)30(2)3/h4,7-8,10,12-13H,1,5-6,9,11H2,2-3H3,(H,28,34)(H2,25,26,27)/t13-/m1/s1. The van der Waals surface area contributed by atoms with Gasteiger partial charge in [0.25, 0.3) is 5.91 Å². The molecule has 1 aliphatic rings. The van der Waals surface area contributed by atoms with Crippen LogP contribution in [0.25, 0.3) is 11.0 Å². The van der Waals surface area contributed by atoms with Gasteiger partial charge in [-0.05, 0) is 31.1 Å². The van der Waals surface area contributed by atoms with Crippen LogP contribution in [0.15, 0.2) is 37.2 Å². The maximum Gasteiger partial charge on any atom is 0.414 e. The molecule has 12 nitrogen and oxygen atoms in total. The number of hydrogen-bond donors (Lipinski definition) is 2. The average molecular weight is 513 g/mol. The zero-order valence-electron chi connectivity index (χ0n) is 19.8. The quantitative estimate of drug-likeness (QED) is 0.495. The number of halogens is 1. The summed E-state index contributed by atoms with van der Waals surface area (Å²) >= 11 is 6.32. The van der Waals surface area contributed by atoms with Gasteiger partial charge in [-0.15, -0.1) is 0 Å². The Hall–Kier alpha value is -4.19. The van der Waals surface area contributed by atoms with Gasteiger partial charge in [0.1, 0.15) is 17.9 Å². The third kappa shape index (κ3) is 4.93. The van der Waals surface area contributed by atoms with Crippen LogP contribution in [0.3, 0.4) is 0 Å². The number of benzene rings is 1. The lowest BCUT2D eigenvalue weighted by Crippen LogP contribution is -2.40. The third-order valence-corrected chi connectivity index (χ3v) is 6.03. The highest BCUT2D eigenvalue weighted by molar-refractivity contribution is 6.34. The van der Waals surface area contributed by atoms with Crippen molar-refractivity contribution in [1.29, 1.82) is 0 Å². The van der Waals surface area contributed by atoms with Crippen molar-refractivity contribution in [1.82, 2.24) is 29.5 Å². The lowest BCUT2D eigenvalue weighted by Gasteiger charge is -2.32. The van der Waals surface area contributed by atoms with E-state index in [9.17, 15) is 14.4 Å². The highest BCUT2D eigenvalue weighted by Crippen LogP contribution is 2.31. The second-order valence-corrected chi connectivity index (χ2v) is 8.80. The van der Waals surface area contributed by atoms with E-state index >= 15 is 0 Å². The first-order chi connectivity index (χ1) is 17.2. The molecule has 0 aliphatic carbocycles. The minimum absolute atomic E-state index is 0.0226. The van der Waals surface area contributed by atoms with Crippen molar-refractivity contribution < 1.29 is 19.1 Å². The van der Waals surface area contributed by atoms with Gasteiger partial charge in [0, 0.05) is 33.3 Å². The number of nitrogens with zero attached hydrogens (tertiary/aromatic N) is 6. The Labute approximate surface area is 211 Å². The number of anilines is 2. The van der Waals surface area contributed by atoms with Crippen LogP contribution in [0.2, 0.25) is 5.02 Å². The fourth-order valence-electron chi connectivity index (χ4n) is 3.93. The number of amides is 3. The molecule has 188 valence electrons. The number of nitrogen functional groups attached to an aromatic ring is 1. The summed E-state index contributed by atoms with van der Waals surface area (Å²) in [4.78, 5) is 48.5. The van der Waals surface area contributed by atoms with Crippen LogP contribution < -0.4 is 15.8 Å². The molecule has 0 radical (unpaired) electrons. The van der Waals surface area contributed by atoms with Crippen molar-refractivity contribution in [2.75, 3.05) is 38.2 Å². The number of aromatic nitrogens is 4. The van der Waals surface area contributed by atoms with E-state index in [1.807, 2.05) is 0 Å². The van der Waals surface area contributed by atoms with Crippen LogP contribution in [0.1, 0.15) is 29.4 Å². The largest absolute Gasteiger partial charge is 0.414 e. The summed E-state index contributed by atoms with van der Waals surface area (Å²) in [6, 6.07) is 4.22. The lowest BCUT2D eigenvalue weighted by molar-refractivity contribution is -0.127. The van der Waals surface area contributed by atoms with E-state index in [4.69, 9.17) is 22.1 Å². The molecule has 0 spiro atoms. The normalized spacial score (nSPS) is 15.4. The van der Waals surface area contributed by atoms with Crippen molar-refractivity contribution in [3.8, 4) is 5.75 Å². The molecule has 1 atom stereocenters. The molecule has 1 aromatic carbocycles. The summed E-state index contributed by atoms with van der Waals surface area (Å²) in [6.07, 6.45) is 3.51. The number of rotatable bonds is 5. The van der Waals surface area contributed by atoms with E-state index in [2.05, 4.69) is 27.0 Å². The molecule has 0 saturated carbocycles. The van der Waals surface area contributed by atoms with E-state index in [1.165, 1.54) is 35.5 Å². The fraction of sp³-hybridized carbons (Fsp3) is 0.304. The number of ether oxygens (including phenoxy) is 1. The van der Waals surface area contributed by atoms with Crippen LogP contribution in [0.4, 0.5) is 16.3 Å². The van der Waals surface area contributed by atoms with Gasteiger partial charge in [0.05, 0.1) is 22.1 Å². The average Bonchev–Trinajstić information content (AvgIpc) is 3.26. The summed E-state index contributed by atoms with van der Waals surface area (Å²) in [7, 11) is 3.11. The highest BCUT2D eigenvalue weighted by Gasteiger charge is 2.29. The number of carbonyl (C=O) groups excluding carboxylic acids is 3. The molecule has 1 aliphatic heterocycles. The zero-order chi connectivity index (χ0) is 26.0. The molecule has 36 heavy (non-hydrogen) atoms. The van der Waals surface area contributed by atoms with E-state index in [1.54, 1.807) is 23.7 Å².